The van der Waals surface area contributed by atoms with Crippen LogP contribution in [0.2, 0.25) is 0 Å². The number of benzene rings is 1. The number of carbonyl (C=O) groups is 1. The van der Waals surface area contributed by atoms with Crippen LogP contribution in [0.15, 0.2) is 54.1 Å². The van der Waals surface area contributed by atoms with E-state index in [1.54, 1.807) is 25.1 Å². The van der Waals surface area contributed by atoms with Gasteiger partial charge in [0.25, 0.3) is 5.91 Å². The van der Waals surface area contributed by atoms with E-state index in [0.717, 1.165) is 17.4 Å². The van der Waals surface area contributed by atoms with Crippen LogP contribution in [0.1, 0.15) is 43.7 Å². The monoisotopic (exact) mass is 402 g/mol. The van der Waals surface area contributed by atoms with Crippen LogP contribution < -0.4 is 10.1 Å². The second-order valence-corrected chi connectivity index (χ2v) is 9.58. The zero-order valence-corrected chi connectivity index (χ0v) is 17.6. The van der Waals surface area contributed by atoms with Crippen LogP contribution in [0.3, 0.4) is 0 Å². The molecule has 0 bridgehead atoms. The first-order valence-electron chi connectivity index (χ1n) is 8.88. The van der Waals surface area contributed by atoms with Gasteiger partial charge in [0.2, 0.25) is 0 Å². The first-order chi connectivity index (χ1) is 13.0. The van der Waals surface area contributed by atoms with Gasteiger partial charge < -0.3 is 10.1 Å². The van der Waals surface area contributed by atoms with Crippen molar-refractivity contribution < 1.29 is 17.9 Å². The lowest BCUT2D eigenvalue weighted by Crippen LogP contribution is -2.31. The average Bonchev–Trinajstić information content (AvgIpc) is 2.59. The Kier molecular flexibility index (Phi) is 6.61. The van der Waals surface area contributed by atoms with Gasteiger partial charge in [-0.25, -0.2) is 8.42 Å². The highest BCUT2D eigenvalue weighted by molar-refractivity contribution is 7.93. The molecule has 0 radical (unpaired) electrons. The molecular formula is C21H26N2O4S. The summed E-state index contributed by atoms with van der Waals surface area (Å²) in [7, 11) is -3.26. The minimum Gasteiger partial charge on any atom is -0.456 e. The molecule has 6 nitrogen and oxygen atoms in total. The number of hydrogen-bond acceptors (Lipinski definition) is 5. The topological polar surface area (TPSA) is 85.4 Å². The van der Waals surface area contributed by atoms with Crippen molar-refractivity contribution in [2.24, 2.45) is 0 Å². The average molecular weight is 403 g/mol. The van der Waals surface area contributed by atoms with Crippen molar-refractivity contribution >= 4 is 15.7 Å². The van der Waals surface area contributed by atoms with Gasteiger partial charge in [-0.1, -0.05) is 45.0 Å². The van der Waals surface area contributed by atoms with Crippen LogP contribution in [-0.4, -0.2) is 31.6 Å². The van der Waals surface area contributed by atoms with Gasteiger partial charge in [0.05, 0.1) is 0 Å². The second kappa shape index (κ2) is 8.56. The van der Waals surface area contributed by atoms with Crippen LogP contribution in [-0.2, 0) is 15.3 Å². The number of para-hydroxylation sites is 1. The summed E-state index contributed by atoms with van der Waals surface area (Å²) in [6.45, 7) is 7.77. The van der Waals surface area contributed by atoms with Gasteiger partial charge in [-0.2, -0.15) is 0 Å². The van der Waals surface area contributed by atoms with Gasteiger partial charge in [0.1, 0.15) is 17.1 Å². The van der Waals surface area contributed by atoms with Crippen molar-refractivity contribution in [1.29, 1.82) is 0 Å². The summed E-state index contributed by atoms with van der Waals surface area (Å²) in [6, 6.07) is 10.5. The van der Waals surface area contributed by atoms with Gasteiger partial charge in [0, 0.05) is 41.1 Å². The number of hydrogen-bond donors (Lipinski definition) is 1. The van der Waals surface area contributed by atoms with Crippen molar-refractivity contribution in [2.75, 3.05) is 6.26 Å². The summed E-state index contributed by atoms with van der Waals surface area (Å²) >= 11 is 0. The molecule has 150 valence electrons. The summed E-state index contributed by atoms with van der Waals surface area (Å²) in [6.07, 6.45) is 4.00. The maximum atomic E-state index is 12.7. The first kappa shape index (κ1) is 21.6. The fourth-order valence-electron chi connectivity index (χ4n) is 2.31. The highest BCUT2D eigenvalue weighted by atomic mass is 32.2. The number of nitrogens with one attached hydrogen (secondary N) is 1. The molecule has 1 N–H and O–H groups in total. The fraction of sp³-hybridized carbons (Fsp3) is 0.333. The molecule has 0 aliphatic carbocycles. The molecule has 0 spiro atoms. The molecule has 1 heterocycles. The number of amides is 1. The normalized spacial score (nSPS) is 13.3. The molecule has 0 fully saturated rings. The number of aromatic nitrogens is 1. The Morgan fingerprint density at radius 2 is 1.86 bits per heavy atom. The minimum absolute atomic E-state index is 0.213. The summed E-state index contributed by atoms with van der Waals surface area (Å²) < 4.78 is 28.4. The van der Waals surface area contributed by atoms with E-state index in [2.05, 4.69) is 10.3 Å². The van der Waals surface area contributed by atoms with E-state index in [1.807, 2.05) is 39.0 Å². The number of nitrogens with zero attached hydrogens (tertiary/aromatic N) is 1. The Labute approximate surface area is 166 Å². The maximum absolute atomic E-state index is 12.7. The molecule has 2 rings (SSSR count). The van der Waals surface area contributed by atoms with Crippen LogP contribution in [0.25, 0.3) is 0 Å². The highest BCUT2D eigenvalue weighted by Gasteiger charge is 2.21. The molecule has 1 aromatic carbocycles. The maximum Gasteiger partial charge on any atom is 0.257 e. The van der Waals surface area contributed by atoms with Crippen LogP contribution in [0.4, 0.5) is 0 Å². The van der Waals surface area contributed by atoms with Gasteiger partial charge >= 0.3 is 0 Å². The number of sulfone groups is 1. The summed E-state index contributed by atoms with van der Waals surface area (Å²) in [5, 5.41) is 3.81. The molecule has 1 atom stereocenters. The first-order valence-corrected chi connectivity index (χ1v) is 10.8. The molecule has 0 aliphatic rings. The van der Waals surface area contributed by atoms with E-state index >= 15 is 0 Å². The molecule has 1 amide bonds. The van der Waals surface area contributed by atoms with E-state index in [1.165, 1.54) is 12.3 Å². The third kappa shape index (κ3) is 6.49. The number of carbonyl (C=O) groups excluding carboxylic acids is 1. The standard InChI is InChI=1S/C21H26N2O4S/c1-15(11-12-28(5,25)26)23-20(24)17-14-22-19(21(2,3)4)13-18(17)27-16-9-7-6-8-10-16/h6-15H,1-5H3,(H,23,24)/b12-11+/t15-/m0/s1. The third-order valence-corrected chi connectivity index (χ3v) is 4.47. The largest absolute Gasteiger partial charge is 0.456 e. The Morgan fingerprint density at radius 3 is 2.43 bits per heavy atom. The zero-order chi connectivity index (χ0) is 20.9. The molecule has 0 aliphatic heterocycles. The predicted octanol–water partition coefficient (Wildman–Crippen LogP) is 3.85. The quantitative estimate of drug-likeness (QED) is 0.793. The Bertz CT molecular complexity index is 962. The van der Waals surface area contributed by atoms with Gasteiger partial charge in [0.15, 0.2) is 9.84 Å². The smallest absolute Gasteiger partial charge is 0.257 e. The van der Waals surface area contributed by atoms with Crippen molar-refractivity contribution in [3.63, 3.8) is 0 Å². The molecular weight excluding hydrogens is 376 g/mol. The SMILES string of the molecule is C[C@@H](/C=C/S(C)(=O)=O)NC(=O)c1cnc(C(C)(C)C)cc1Oc1ccccc1. The van der Waals surface area contributed by atoms with E-state index in [9.17, 15) is 13.2 Å². The highest BCUT2D eigenvalue weighted by Crippen LogP contribution is 2.30. The van der Waals surface area contributed by atoms with E-state index in [4.69, 9.17) is 4.74 Å². The lowest BCUT2D eigenvalue weighted by Gasteiger charge is -2.20. The van der Waals surface area contributed by atoms with Gasteiger partial charge in [-0.3, -0.25) is 9.78 Å². The number of rotatable bonds is 6. The molecule has 0 saturated heterocycles. The summed E-state index contributed by atoms with van der Waals surface area (Å²) in [4.78, 5) is 17.1. The minimum atomic E-state index is -3.26. The molecule has 2 aromatic rings. The van der Waals surface area contributed by atoms with Crippen molar-refractivity contribution in [2.45, 2.75) is 39.2 Å². The molecule has 0 unspecified atom stereocenters. The third-order valence-electron chi connectivity index (χ3n) is 3.82. The summed E-state index contributed by atoms with van der Waals surface area (Å²) in [5.74, 6) is 0.597. The Hall–Kier alpha value is -2.67. The van der Waals surface area contributed by atoms with E-state index in [0.29, 0.717) is 11.5 Å². The molecule has 1 aromatic heterocycles. The zero-order valence-electron chi connectivity index (χ0n) is 16.8. The van der Waals surface area contributed by atoms with E-state index < -0.39 is 21.8 Å². The lowest BCUT2D eigenvalue weighted by atomic mass is 9.91. The molecule has 28 heavy (non-hydrogen) atoms. The van der Waals surface area contributed by atoms with Gasteiger partial charge in [-0.05, 0) is 19.1 Å². The van der Waals surface area contributed by atoms with E-state index in [-0.39, 0.29) is 11.0 Å². The predicted molar refractivity (Wildman–Crippen MR) is 110 cm³/mol. The van der Waals surface area contributed by atoms with Gasteiger partial charge in [-0.15, -0.1) is 0 Å². The van der Waals surface area contributed by atoms with Crippen molar-refractivity contribution in [3.8, 4) is 11.5 Å². The van der Waals surface area contributed by atoms with Crippen LogP contribution in [0.5, 0.6) is 11.5 Å². The van der Waals surface area contributed by atoms with Crippen molar-refractivity contribution in [3.05, 3.63) is 65.3 Å². The van der Waals surface area contributed by atoms with Crippen LogP contribution >= 0.6 is 0 Å². The number of pyridine rings is 1. The van der Waals surface area contributed by atoms with Crippen molar-refractivity contribution in [1.82, 2.24) is 10.3 Å². The fourth-order valence-corrected chi connectivity index (χ4v) is 2.83. The Balaban J connectivity index is 2.33. The molecule has 0 saturated carbocycles. The lowest BCUT2D eigenvalue weighted by molar-refractivity contribution is 0.0944. The number of ether oxygens (including phenoxy) is 1. The second-order valence-electron chi connectivity index (χ2n) is 7.65. The summed E-state index contributed by atoms with van der Waals surface area (Å²) in [5.41, 5.74) is 0.853. The van der Waals surface area contributed by atoms with Crippen LogP contribution in [0, 0.1) is 0 Å². The molecule has 7 heteroatoms. The Morgan fingerprint density at radius 1 is 1.21 bits per heavy atom.